The molecular formula is C16H24N4O3S. The molecule has 7 nitrogen and oxygen atoms in total. The second-order valence-corrected chi connectivity index (χ2v) is 8.15. The first kappa shape index (κ1) is 18.3. The number of hydrogen-bond acceptors (Lipinski definition) is 6. The van der Waals surface area contributed by atoms with Crippen LogP contribution < -0.4 is 10.1 Å². The fourth-order valence-corrected chi connectivity index (χ4v) is 3.22. The van der Waals surface area contributed by atoms with Crippen LogP contribution in [0.2, 0.25) is 0 Å². The number of aryl methyl sites for hydroxylation is 2. The topological polar surface area (TPSA) is 86.1 Å². The molecule has 0 aromatic carbocycles. The van der Waals surface area contributed by atoms with Crippen molar-refractivity contribution in [2.24, 2.45) is 0 Å². The summed E-state index contributed by atoms with van der Waals surface area (Å²) in [6.45, 7) is 6.30. The summed E-state index contributed by atoms with van der Waals surface area (Å²) < 4.78 is 29.5. The maximum absolute atomic E-state index is 11.4. The van der Waals surface area contributed by atoms with Gasteiger partial charge in [0.1, 0.15) is 9.84 Å². The van der Waals surface area contributed by atoms with Crippen molar-refractivity contribution in [3.63, 3.8) is 0 Å². The van der Waals surface area contributed by atoms with Crippen molar-refractivity contribution in [1.82, 2.24) is 14.8 Å². The minimum Gasteiger partial charge on any atom is -0.481 e. The highest BCUT2D eigenvalue weighted by molar-refractivity contribution is 7.90. The predicted molar refractivity (Wildman–Crippen MR) is 94.2 cm³/mol. The Morgan fingerprint density at radius 2 is 2.04 bits per heavy atom. The molecule has 0 aliphatic carbocycles. The van der Waals surface area contributed by atoms with Crippen molar-refractivity contribution in [2.45, 2.75) is 33.4 Å². The Morgan fingerprint density at radius 1 is 1.33 bits per heavy atom. The molecule has 0 aliphatic heterocycles. The van der Waals surface area contributed by atoms with E-state index in [1.807, 2.05) is 26.8 Å². The van der Waals surface area contributed by atoms with Crippen LogP contribution in [0.3, 0.4) is 0 Å². The fourth-order valence-electron chi connectivity index (χ4n) is 2.72. The second kappa shape index (κ2) is 7.21. The van der Waals surface area contributed by atoms with Crippen LogP contribution in [0.4, 0.5) is 5.69 Å². The summed E-state index contributed by atoms with van der Waals surface area (Å²) in [4.78, 5) is 4.18. The zero-order chi connectivity index (χ0) is 17.9. The van der Waals surface area contributed by atoms with E-state index in [2.05, 4.69) is 15.4 Å². The van der Waals surface area contributed by atoms with Crippen molar-refractivity contribution < 1.29 is 13.2 Å². The van der Waals surface area contributed by atoms with Crippen molar-refractivity contribution in [1.29, 1.82) is 0 Å². The van der Waals surface area contributed by atoms with Gasteiger partial charge in [0.15, 0.2) is 0 Å². The maximum Gasteiger partial charge on any atom is 0.213 e. The number of methoxy groups -OCH3 is 1. The van der Waals surface area contributed by atoms with E-state index in [0.717, 1.165) is 22.6 Å². The molecule has 0 aliphatic rings. The average Bonchev–Trinajstić information content (AvgIpc) is 2.79. The highest BCUT2D eigenvalue weighted by Crippen LogP contribution is 2.25. The minimum atomic E-state index is -3.01. The fraction of sp³-hybridized carbons (Fsp3) is 0.500. The van der Waals surface area contributed by atoms with E-state index in [1.54, 1.807) is 24.1 Å². The van der Waals surface area contributed by atoms with Gasteiger partial charge in [0, 0.05) is 23.6 Å². The molecule has 0 spiro atoms. The van der Waals surface area contributed by atoms with E-state index in [0.29, 0.717) is 12.4 Å². The molecule has 0 saturated heterocycles. The van der Waals surface area contributed by atoms with Crippen molar-refractivity contribution in [2.75, 3.05) is 24.4 Å². The molecule has 0 radical (unpaired) electrons. The molecule has 1 N–H and O–H groups in total. The largest absolute Gasteiger partial charge is 0.481 e. The number of anilines is 1. The number of hydrogen-bond donors (Lipinski definition) is 1. The van der Waals surface area contributed by atoms with E-state index in [-0.39, 0.29) is 11.8 Å². The molecule has 2 rings (SSSR count). The second-order valence-electron chi connectivity index (χ2n) is 5.89. The molecule has 2 aromatic rings. The lowest BCUT2D eigenvalue weighted by Crippen LogP contribution is -2.14. The lowest BCUT2D eigenvalue weighted by molar-refractivity contribution is 0.398. The summed E-state index contributed by atoms with van der Waals surface area (Å²) in [6, 6.07) is 3.72. The Bertz CT molecular complexity index is 797. The smallest absolute Gasteiger partial charge is 0.213 e. The lowest BCUT2D eigenvalue weighted by Gasteiger charge is -2.16. The van der Waals surface area contributed by atoms with Crippen LogP contribution in [0.25, 0.3) is 0 Å². The van der Waals surface area contributed by atoms with Crippen LogP contribution in [-0.4, -0.2) is 42.3 Å². The first-order chi connectivity index (χ1) is 11.2. The minimum absolute atomic E-state index is 0.0205. The summed E-state index contributed by atoms with van der Waals surface area (Å²) in [6.07, 6.45) is 2.95. The van der Waals surface area contributed by atoms with E-state index >= 15 is 0 Å². The predicted octanol–water partition coefficient (Wildman–Crippen LogP) is 2.12. The number of sulfone groups is 1. The van der Waals surface area contributed by atoms with Crippen LogP contribution in [0.15, 0.2) is 18.3 Å². The third-order valence-electron chi connectivity index (χ3n) is 3.87. The van der Waals surface area contributed by atoms with E-state index in [4.69, 9.17) is 4.74 Å². The molecule has 132 valence electrons. The molecule has 2 aromatic heterocycles. The van der Waals surface area contributed by atoms with Crippen LogP contribution in [0.1, 0.15) is 29.9 Å². The average molecular weight is 352 g/mol. The SMILES string of the molecule is COc1ccc(NC(C)c2c(C)nn(CCS(C)(=O)=O)c2C)cn1. The molecule has 1 atom stereocenters. The first-order valence-electron chi connectivity index (χ1n) is 7.69. The Hall–Kier alpha value is -2.09. The Morgan fingerprint density at radius 3 is 2.58 bits per heavy atom. The van der Waals surface area contributed by atoms with Gasteiger partial charge in [0.05, 0.1) is 43.0 Å². The highest BCUT2D eigenvalue weighted by Gasteiger charge is 2.18. The van der Waals surface area contributed by atoms with E-state index < -0.39 is 9.84 Å². The van der Waals surface area contributed by atoms with Gasteiger partial charge >= 0.3 is 0 Å². The van der Waals surface area contributed by atoms with Crippen LogP contribution in [0.5, 0.6) is 5.88 Å². The molecule has 0 bridgehead atoms. The van der Waals surface area contributed by atoms with E-state index in [9.17, 15) is 8.42 Å². The van der Waals surface area contributed by atoms with Gasteiger partial charge in [0.25, 0.3) is 0 Å². The molecule has 0 fully saturated rings. The van der Waals surface area contributed by atoms with Gasteiger partial charge in [-0.2, -0.15) is 5.10 Å². The summed E-state index contributed by atoms with van der Waals surface area (Å²) >= 11 is 0. The normalized spacial score (nSPS) is 12.9. The third kappa shape index (κ3) is 4.47. The summed E-state index contributed by atoms with van der Waals surface area (Å²) in [5, 5.41) is 7.87. The standard InChI is InChI=1S/C16H24N4O3S/c1-11(18-14-6-7-15(23-4)17-10-14)16-12(2)19-20(13(16)3)8-9-24(5,21)22/h6-7,10-11,18H,8-9H2,1-5H3. The monoisotopic (exact) mass is 352 g/mol. The Labute approximate surface area is 143 Å². The van der Waals surface area contributed by atoms with Gasteiger partial charge in [-0.15, -0.1) is 0 Å². The highest BCUT2D eigenvalue weighted by atomic mass is 32.2. The van der Waals surface area contributed by atoms with Gasteiger partial charge in [-0.3, -0.25) is 4.68 Å². The van der Waals surface area contributed by atoms with Gasteiger partial charge in [-0.1, -0.05) is 0 Å². The molecule has 1 unspecified atom stereocenters. The molecule has 0 amide bonds. The summed E-state index contributed by atoms with van der Waals surface area (Å²) in [7, 11) is -1.44. The van der Waals surface area contributed by atoms with Crippen LogP contribution in [0, 0.1) is 13.8 Å². The number of nitrogens with one attached hydrogen (secondary N) is 1. The number of pyridine rings is 1. The van der Waals surface area contributed by atoms with Gasteiger partial charge in [-0.05, 0) is 26.8 Å². The zero-order valence-corrected chi connectivity index (χ0v) is 15.5. The lowest BCUT2D eigenvalue weighted by atomic mass is 10.1. The molecule has 8 heteroatoms. The number of aromatic nitrogens is 3. The number of nitrogens with zero attached hydrogens (tertiary/aromatic N) is 3. The van der Waals surface area contributed by atoms with Crippen molar-refractivity contribution in [3.8, 4) is 5.88 Å². The summed E-state index contributed by atoms with van der Waals surface area (Å²) in [5.41, 5.74) is 3.81. The van der Waals surface area contributed by atoms with Gasteiger partial charge < -0.3 is 10.1 Å². The number of rotatable bonds is 7. The van der Waals surface area contributed by atoms with Gasteiger partial charge in [0.2, 0.25) is 5.88 Å². The third-order valence-corrected chi connectivity index (χ3v) is 4.80. The van der Waals surface area contributed by atoms with Crippen LogP contribution >= 0.6 is 0 Å². The van der Waals surface area contributed by atoms with Crippen LogP contribution in [-0.2, 0) is 16.4 Å². The van der Waals surface area contributed by atoms with E-state index in [1.165, 1.54) is 6.26 Å². The van der Waals surface area contributed by atoms with Gasteiger partial charge in [-0.25, -0.2) is 13.4 Å². The maximum atomic E-state index is 11.4. The Kier molecular flexibility index (Phi) is 5.48. The molecular weight excluding hydrogens is 328 g/mol. The zero-order valence-electron chi connectivity index (χ0n) is 14.7. The Balaban J connectivity index is 2.16. The number of ether oxygens (including phenoxy) is 1. The van der Waals surface area contributed by atoms with Crippen molar-refractivity contribution in [3.05, 3.63) is 35.3 Å². The summed E-state index contributed by atoms with van der Waals surface area (Å²) in [5.74, 6) is 0.646. The first-order valence-corrected chi connectivity index (χ1v) is 9.75. The quantitative estimate of drug-likeness (QED) is 0.821. The molecule has 2 heterocycles. The molecule has 24 heavy (non-hydrogen) atoms. The van der Waals surface area contributed by atoms with Crippen molar-refractivity contribution >= 4 is 15.5 Å². The molecule has 0 saturated carbocycles.